The molecule has 8 heteroatoms. The fourth-order valence-corrected chi connectivity index (χ4v) is 5.32. The fraction of sp³-hybridized carbons (Fsp3) is 0.304. The van der Waals surface area contributed by atoms with E-state index >= 15 is 0 Å². The van der Waals surface area contributed by atoms with Crippen LogP contribution in [-0.2, 0) is 6.42 Å². The van der Waals surface area contributed by atoms with E-state index in [-0.39, 0.29) is 11.7 Å². The number of hydrogen-bond acceptors (Lipinski definition) is 6. The molecule has 0 bridgehead atoms. The van der Waals surface area contributed by atoms with Gasteiger partial charge in [-0.3, -0.25) is 4.90 Å². The summed E-state index contributed by atoms with van der Waals surface area (Å²) in [5, 5.41) is 15.4. The predicted molar refractivity (Wildman–Crippen MR) is 120 cm³/mol. The van der Waals surface area contributed by atoms with Crippen molar-refractivity contribution in [2.24, 2.45) is 0 Å². The van der Waals surface area contributed by atoms with Crippen LogP contribution in [0.15, 0.2) is 54.6 Å². The molecule has 1 aliphatic rings. The molecule has 0 unspecified atom stereocenters. The van der Waals surface area contributed by atoms with Gasteiger partial charge in [0.25, 0.3) is 0 Å². The van der Waals surface area contributed by atoms with Crippen molar-refractivity contribution in [1.29, 1.82) is 0 Å². The van der Waals surface area contributed by atoms with E-state index in [1.807, 2.05) is 31.2 Å². The van der Waals surface area contributed by atoms with Crippen LogP contribution >= 0.6 is 11.3 Å². The zero-order chi connectivity index (χ0) is 21.4. The van der Waals surface area contributed by atoms with Crippen molar-refractivity contribution in [3.05, 3.63) is 76.7 Å². The highest BCUT2D eigenvalue weighted by atomic mass is 32.1. The van der Waals surface area contributed by atoms with Crippen LogP contribution in [0, 0.1) is 5.82 Å². The molecule has 0 spiro atoms. The number of aromatic hydroxyl groups is 1. The molecule has 0 amide bonds. The molecular formula is C23H24FN5OS. The molecular weight excluding hydrogens is 413 g/mol. The molecule has 4 aromatic rings. The number of anilines is 1. The molecule has 0 aliphatic carbocycles. The highest BCUT2D eigenvalue weighted by Gasteiger charge is 2.33. The number of nitrogens with zero attached hydrogens (tertiary/aromatic N) is 5. The lowest BCUT2D eigenvalue weighted by Crippen LogP contribution is -2.48. The van der Waals surface area contributed by atoms with Gasteiger partial charge in [-0.05, 0) is 18.2 Å². The molecule has 2 aromatic carbocycles. The third-order valence-corrected chi connectivity index (χ3v) is 6.88. The molecule has 2 aromatic heterocycles. The van der Waals surface area contributed by atoms with Crippen molar-refractivity contribution in [2.45, 2.75) is 19.4 Å². The number of fused-ring (bicyclic) bond motifs is 1. The average molecular weight is 438 g/mol. The molecule has 0 radical (unpaired) electrons. The topological polar surface area (TPSA) is 56.9 Å². The van der Waals surface area contributed by atoms with E-state index < -0.39 is 6.04 Å². The van der Waals surface area contributed by atoms with Gasteiger partial charge in [-0.1, -0.05) is 54.7 Å². The van der Waals surface area contributed by atoms with Crippen molar-refractivity contribution in [1.82, 2.24) is 19.5 Å². The van der Waals surface area contributed by atoms with Gasteiger partial charge in [-0.2, -0.15) is 4.52 Å². The van der Waals surface area contributed by atoms with Crippen LogP contribution in [0.3, 0.4) is 0 Å². The lowest BCUT2D eigenvalue weighted by Gasteiger charge is -2.40. The Labute approximate surface area is 184 Å². The molecule has 1 fully saturated rings. The monoisotopic (exact) mass is 437 g/mol. The van der Waals surface area contributed by atoms with Gasteiger partial charge in [-0.25, -0.2) is 9.37 Å². The van der Waals surface area contributed by atoms with Crippen molar-refractivity contribution in [3.63, 3.8) is 0 Å². The average Bonchev–Trinajstić information content (AvgIpc) is 3.35. The van der Waals surface area contributed by atoms with Gasteiger partial charge in [0.15, 0.2) is 5.82 Å². The first-order valence-corrected chi connectivity index (χ1v) is 11.3. The van der Waals surface area contributed by atoms with Gasteiger partial charge in [0.1, 0.15) is 5.82 Å². The Kier molecular flexibility index (Phi) is 5.33. The zero-order valence-corrected chi connectivity index (χ0v) is 18.1. The Balaban J connectivity index is 1.50. The van der Waals surface area contributed by atoms with Crippen LogP contribution in [0.25, 0.3) is 4.96 Å². The summed E-state index contributed by atoms with van der Waals surface area (Å²) in [4.78, 5) is 10.4. The second-order valence-electron chi connectivity index (χ2n) is 7.65. The highest BCUT2D eigenvalue weighted by Crippen LogP contribution is 2.41. The number of benzene rings is 2. The van der Waals surface area contributed by atoms with E-state index in [9.17, 15) is 9.50 Å². The molecule has 6 nitrogen and oxygen atoms in total. The smallest absolute Gasteiger partial charge is 0.230 e. The summed E-state index contributed by atoms with van der Waals surface area (Å²) in [6.45, 7) is 5.14. The standard InChI is InChI=1S/C23H24FN5OS/c1-2-19-25-23-29(26-19)22(30)21(31-23)20(17-10-6-7-11-18(17)24)28-14-12-27(13-15-28)16-8-4-3-5-9-16/h3-11,20,30H,2,12-15H2,1H3/t20-/m0/s1. The predicted octanol–water partition coefficient (Wildman–Crippen LogP) is 4.11. The maximum atomic E-state index is 14.9. The van der Waals surface area contributed by atoms with Gasteiger partial charge in [0, 0.05) is 43.9 Å². The molecule has 31 heavy (non-hydrogen) atoms. The van der Waals surface area contributed by atoms with Crippen LogP contribution in [0.4, 0.5) is 10.1 Å². The van der Waals surface area contributed by atoms with E-state index in [0.717, 1.165) is 26.2 Å². The Morgan fingerprint density at radius 1 is 1.03 bits per heavy atom. The summed E-state index contributed by atoms with van der Waals surface area (Å²) in [5.74, 6) is 0.462. The third kappa shape index (κ3) is 3.66. The first kappa shape index (κ1) is 20.0. The van der Waals surface area contributed by atoms with Gasteiger partial charge in [-0.15, -0.1) is 5.10 Å². The van der Waals surface area contributed by atoms with Crippen molar-refractivity contribution in [2.75, 3.05) is 31.1 Å². The first-order chi connectivity index (χ1) is 15.2. The summed E-state index contributed by atoms with van der Waals surface area (Å²) in [5.41, 5.74) is 1.75. The van der Waals surface area contributed by atoms with Gasteiger partial charge >= 0.3 is 0 Å². The maximum Gasteiger partial charge on any atom is 0.230 e. The van der Waals surface area contributed by atoms with Gasteiger partial charge in [0.05, 0.1) is 10.9 Å². The number of para-hydroxylation sites is 1. The minimum absolute atomic E-state index is 0.0472. The second kappa shape index (κ2) is 8.28. The fourth-order valence-electron chi connectivity index (χ4n) is 4.20. The van der Waals surface area contributed by atoms with E-state index in [4.69, 9.17) is 0 Å². The van der Waals surface area contributed by atoms with Crippen molar-refractivity contribution < 1.29 is 9.50 Å². The minimum Gasteiger partial charge on any atom is -0.492 e. The minimum atomic E-state index is -0.391. The number of hydrogen-bond donors (Lipinski definition) is 1. The van der Waals surface area contributed by atoms with Crippen LogP contribution in [-0.4, -0.2) is 50.8 Å². The van der Waals surface area contributed by atoms with Crippen LogP contribution in [0.5, 0.6) is 5.88 Å². The molecule has 3 heterocycles. The largest absolute Gasteiger partial charge is 0.492 e. The lowest BCUT2D eigenvalue weighted by molar-refractivity contribution is 0.208. The summed E-state index contributed by atoms with van der Waals surface area (Å²) in [6.07, 6.45) is 0.696. The van der Waals surface area contributed by atoms with Crippen LogP contribution < -0.4 is 4.90 Å². The van der Waals surface area contributed by atoms with E-state index in [1.165, 1.54) is 27.6 Å². The number of rotatable bonds is 5. The number of piperazine rings is 1. The molecule has 1 atom stereocenters. The van der Waals surface area contributed by atoms with E-state index in [1.54, 1.807) is 12.1 Å². The molecule has 1 aliphatic heterocycles. The molecule has 160 valence electrons. The molecule has 1 saturated heterocycles. The number of halogens is 1. The third-order valence-electron chi connectivity index (χ3n) is 5.81. The zero-order valence-electron chi connectivity index (χ0n) is 17.3. The van der Waals surface area contributed by atoms with Gasteiger partial charge < -0.3 is 10.0 Å². The van der Waals surface area contributed by atoms with E-state index in [2.05, 4.69) is 32.0 Å². The van der Waals surface area contributed by atoms with Gasteiger partial charge in [0.2, 0.25) is 10.8 Å². The molecule has 5 rings (SSSR count). The highest BCUT2D eigenvalue weighted by molar-refractivity contribution is 7.17. The normalized spacial score (nSPS) is 16.1. The lowest BCUT2D eigenvalue weighted by atomic mass is 10.0. The second-order valence-corrected chi connectivity index (χ2v) is 8.66. The Morgan fingerprint density at radius 2 is 1.74 bits per heavy atom. The Hall–Kier alpha value is -2.97. The van der Waals surface area contributed by atoms with Crippen molar-refractivity contribution >= 4 is 22.0 Å². The summed E-state index contributed by atoms with van der Waals surface area (Å²) in [7, 11) is 0. The quantitative estimate of drug-likeness (QED) is 0.509. The molecule has 1 N–H and O–H groups in total. The summed E-state index contributed by atoms with van der Waals surface area (Å²) >= 11 is 1.38. The molecule has 0 saturated carbocycles. The SMILES string of the molecule is CCc1nc2sc([C@H](c3ccccc3F)N3CCN(c4ccccc4)CC3)c(O)n2n1. The maximum absolute atomic E-state index is 14.9. The van der Waals surface area contributed by atoms with E-state index in [0.29, 0.717) is 27.6 Å². The van der Waals surface area contributed by atoms with Crippen molar-refractivity contribution in [3.8, 4) is 5.88 Å². The first-order valence-electron chi connectivity index (χ1n) is 10.5. The number of thiazole rings is 1. The summed E-state index contributed by atoms with van der Waals surface area (Å²) < 4.78 is 16.4. The Morgan fingerprint density at radius 3 is 2.42 bits per heavy atom. The number of aromatic nitrogens is 3. The van der Waals surface area contributed by atoms with Crippen LogP contribution in [0.1, 0.15) is 29.2 Å². The number of aryl methyl sites for hydroxylation is 1. The summed E-state index contributed by atoms with van der Waals surface area (Å²) in [6, 6.07) is 16.8. The Bertz CT molecular complexity index is 1180. The van der Waals surface area contributed by atoms with Crippen LogP contribution in [0.2, 0.25) is 0 Å².